The molecular formula is C15H11NO4S. The Balaban J connectivity index is 2.28. The van der Waals surface area contributed by atoms with Crippen LogP contribution in [0.3, 0.4) is 0 Å². The maximum atomic E-state index is 12.6. The van der Waals surface area contributed by atoms with Crippen molar-refractivity contribution >= 4 is 28.3 Å². The number of thiazole rings is 1. The molecule has 0 saturated carbocycles. The highest BCUT2D eigenvalue weighted by atomic mass is 32.1. The molecule has 3 aromatic rings. The fraction of sp³-hybridized carbons (Fsp3) is 0.133. The monoisotopic (exact) mass is 301 g/mol. The first kappa shape index (κ1) is 13.5. The average Bonchev–Trinajstić information content (AvgIpc) is 2.99. The summed E-state index contributed by atoms with van der Waals surface area (Å²) in [4.78, 5) is 28.3. The number of carbonyl (C=O) groups is 1. The number of fused-ring (bicyclic) bond motifs is 1. The van der Waals surface area contributed by atoms with Crippen LogP contribution in [0.15, 0.2) is 38.3 Å². The van der Waals surface area contributed by atoms with Crippen molar-refractivity contribution < 1.29 is 13.9 Å². The largest absolute Gasteiger partial charge is 0.465 e. The van der Waals surface area contributed by atoms with Crippen LogP contribution in [-0.2, 0) is 4.74 Å². The number of aryl methyl sites for hydroxylation is 1. The van der Waals surface area contributed by atoms with Crippen LogP contribution >= 0.6 is 11.3 Å². The molecule has 0 saturated heterocycles. The molecule has 106 valence electrons. The Hall–Kier alpha value is -2.47. The Kier molecular flexibility index (Phi) is 3.31. The number of methoxy groups -OCH3 is 1. The van der Waals surface area contributed by atoms with E-state index in [-0.39, 0.29) is 5.43 Å². The lowest BCUT2D eigenvalue weighted by atomic mass is 10.1. The molecule has 6 heteroatoms. The molecule has 1 aromatic carbocycles. The molecule has 21 heavy (non-hydrogen) atoms. The molecule has 2 heterocycles. The van der Waals surface area contributed by atoms with Crippen LogP contribution in [-0.4, -0.2) is 18.1 Å². The molecule has 5 nitrogen and oxygen atoms in total. The normalized spacial score (nSPS) is 10.8. The van der Waals surface area contributed by atoms with E-state index in [4.69, 9.17) is 4.42 Å². The van der Waals surface area contributed by atoms with Crippen LogP contribution in [0.1, 0.15) is 16.1 Å². The summed E-state index contributed by atoms with van der Waals surface area (Å²) >= 11 is 1.41. The van der Waals surface area contributed by atoms with Gasteiger partial charge in [-0.3, -0.25) is 4.79 Å². The number of benzene rings is 1. The SMILES string of the molecule is COC(=O)c1ccc2c(=O)c(-c3cscn3)c(C)oc2c1. The Morgan fingerprint density at radius 3 is 2.86 bits per heavy atom. The van der Waals surface area contributed by atoms with Crippen LogP contribution in [0.4, 0.5) is 0 Å². The van der Waals surface area contributed by atoms with Crippen molar-refractivity contribution in [3.8, 4) is 11.3 Å². The van der Waals surface area contributed by atoms with Crippen molar-refractivity contribution in [2.75, 3.05) is 7.11 Å². The second kappa shape index (κ2) is 5.14. The van der Waals surface area contributed by atoms with Gasteiger partial charge in [0.15, 0.2) is 0 Å². The van der Waals surface area contributed by atoms with Crippen LogP contribution in [0.25, 0.3) is 22.2 Å². The molecule has 0 N–H and O–H groups in total. The van der Waals surface area contributed by atoms with Gasteiger partial charge in [0.1, 0.15) is 11.3 Å². The first-order chi connectivity index (χ1) is 10.1. The van der Waals surface area contributed by atoms with Crippen molar-refractivity contribution in [3.63, 3.8) is 0 Å². The van der Waals surface area contributed by atoms with Gasteiger partial charge in [-0.15, -0.1) is 11.3 Å². The van der Waals surface area contributed by atoms with Gasteiger partial charge in [0.2, 0.25) is 5.43 Å². The number of nitrogens with zero attached hydrogens (tertiary/aromatic N) is 1. The lowest BCUT2D eigenvalue weighted by Crippen LogP contribution is -2.09. The lowest BCUT2D eigenvalue weighted by molar-refractivity contribution is 0.0600. The van der Waals surface area contributed by atoms with E-state index in [9.17, 15) is 9.59 Å². The first-order valence-corrected chi connectivity index (χ1v) is 7.10. The van der Waals surface area contributed by atoms with E-state index in [1.807, 2.05) is 0 Å². The van der Waals surface area contributed by atoms with Crippen LogP contribution in [0.5, 0.6) is 0 Å². The minimum absolute atomic E-state index is 0.156. The Labute approximate surface area is 123 Å². The molecule has 0 bridgehead atoms. The minimum atomic E-state index is -0.472. The van der Waals surface area contributed by atoms with Crippen molar-refractivity contribution in [2.45, 2.75) is 6.92 Å². The summed E-state index contributed by atoms with van der Waals surface area (Å²) in [5, 5.41) is 2.21. The predicted molar refractivity (Wildman–Crippen MR) is 79.7 cm³/mol. The number of hydrogen-bond acceptors (Lipinski definition) is 6. The standard InChI is InChI=1S/C15H11NO4S/c1-8-13(11-6-21-7-16-11)14(17)10-4-3-9(15(18)19-2)5-12(10)20-8/h3-7H,1-2H3. The van der Waals surface area contributed by atoms with Crippen molar-refractivity contribution in [1.82, 2.24) is 4.98 Å². The predicted octanol–water partition coefficient (Wildman–Crippen LogP) is 3.01. The van der Waals surface area contributed by atoms with E-state index in [2.05, 4.69) is 9.72 Å². The highest BCUT2D eigenvalue weighted by Gasteiger charge is 2.16. The van der Waals surface area contributed by atoms with Crippen LogP contribution in [0.2, 0.25) is 0 Å². The molecular weight excluding hydrogens is 290 g/mol. The average molecular weight is 301 g/mol. The molecule has 0 radical (unpaired) electrons. The fourth-order valence-corrected chi connectivity index (χ4v) is 2.73. The highest BCUT2D eigenvalue weighted by molar-refractivity contribution is 7.07. The Morgan fingerprint density at radius 2 is 2.19 bits per heavy atom. The van der Waals surface area contributed by atoms with E-state index in [1.165, 1.54) is 24.5 Å². The number of carbonyl (C=O) groups excluding carboxylic acids is 1. The number of hydrogen-bond donors (Lipinski definition) is 0. The second-order valence-corrected chi connectivity index (χ2v) is 5.16. The summed E-state index contributed by atoms with van der Waals surface area (Å²) in [5.74, 6) is 0.00111. The molecule has 2 aromatic heterocycles. The first-order valence-electron chi connectivity index (χ1n) is 6.16. The van der Waals surface area contributed by atoms with E-state index in [0.717, 1.165) is 0 Å². The zero-order chi connectivity index (χ0) is 15.0. The third kappa shape index (κ3) is 2.23. The van der Waals surface area contributed by atoms with Gasteiger partial charge in [0.05, 0.1) is 34.8 Å². The minimum Gasteiger partial charge on any atom is -0.465 e. The van der Waals surface area contributed by atoms with Crippen LogP contribution < -0.4 is 5.43 Å². The van der Waals surface area contributed by atoms with Gasteiger partial charge in [-0.05, 0) is 25.1 Å². The highest BCUT2D eigenvalue weighted by Crippen LogP contribution is 2.24. The summed E-state index contributed by atoms with van der Waals surface area (Å²) in [6.45, 7) is 1.71. The van der Waals surface area contributed by atoms with Gasteiger partial charge in [0.25, 0.3) is 0 Å². The zero-order valence-electron chi connectivity index (χ0n) is 11.4. The topological polar surface area (TPSA) is 69.4 Å². The molecule has 0 aliphatic heterocycles. The fourth-order valence-electron chi connectivity index (χ4n) is 2.18. The van der Waals surface area contributed by atoms with E-state index >= 15 is 0 Å². The number of esters is 1. The van der Waals surface area contributed by atoms with Gasteiger partial charge in [-0.25, -0.2) is 9.78 Å². The smallest absolute Gasteiger partial charge is 0.337 e. The molecule has 3 rings (SSSR count). The Morgan fingerprint density at radius 1 is 1.38 bits per heavy atom. The summed E-state index contributed by atoms with van der Waals surface area (Å²) < 4.78 is 10.4. The van der Waals surface area contributed by atoms with Crippen LogP contribution in [0, 0.1) is 6.92 Å². The molecule has 0 atom stereocenters. The summed E-state index contributed by atoms with van der Waals surface area (Å²) in [6.07, 6.45) is 0. The molecule has 0 aliphatic rings. The van der Waals surface area contributed by atoms with Crippen molar-refractivity contribution in [2.24, 2.45) is 0 Å². The number of aromatic nitrogens is 1. The summed E-state index contributed by atoms with van der Waals surface area (Å²) in [7, 11) is 1.30. The number of ether oxygens (including phenoxy) is 1. The molecule has 0 unspecified atom stereocenters. The molecule has 0 spiro atoms. The van der Waals surface area contributed by atoms with Crippen molar-refractivity contribution in [1.29, 1.82) is 0 Å². The Bertz CT molecular complexity index is 881. The lowest BCUT2D eigenvalue weighted by Gasteiger charge is -2.06. The summed E-state index contributed by atoms with van der Waals surface area (Å²) in [6, 6.07) is 4.63. The van der Waals surface area contributed by atoms with Gasteiger partial charge < -0.3 is 9.15 Å². The third-order valence-corrected chi connectivity index (χ3v) is 3.76. The van der Waals surface area contributed by atoms with Gasteiger partial charge in [-0.1, -0.05) is 0 Å². The maximum Gasteiger partial charge on any atom is 0.337 e. The zero-order valence-corrected chi connectivity index (χ0v) is 12.2. The second-order valence-electron chi connectivity index (χ2n) is 4.44. The quantitative estimate of drug-likeness (QED) is 0.680. The van der Waals surface area contributed by atoms with E-state index in [0.29, 0.717) is 33.6 Å². The third-order valence-electron chi connectivity index (χ3n) is 3.18. The van der Waals surface area contributed by atoms with Gasteiger partial charge >= 0.3 is 5.97 Å². The van der Waals surface area contributed by atoms with E-state index in [1.54, 1.807) is 29.9 Å². The summed E-state index contributed by atoms with van der Waals surface area (Å²) in [5.41, 5.74) is 3.27. The molecule has 0 aliphatic carbocycles. The molecule has 0 fully saturated rings. The van der Waals surface area contributed by atoms with E-state index < -0.39 is 5.97 Å². The molecule has 0 amide bonds. The van der Waals surface area contributed by atoms with Gasteiger partial charge in [0, 0.05) is 5.38 Å². The van der Waals surface area contributed by atoms with Crippen molar-refractivity contribution in [3.05, 3.63) is 50.6 Å². The van der Waals surface area contributed by atoms with Gasteiger partial charge in [-0.2, -0.15) is 0 Å². The maximum absolute atomic E-state index is 12.6. The number of rotatable bonds is 2.